The number of hydrogen-bond acceptors (Lipinski definition) is 0. The van der Waals surface area contributed by atoms with E-state index in [2.05, 4.69) is 13.8 Å². The standard InChI is InChI=1S/C14H25F/c1-10-3-6-12(7-4-10)13-8-5-11(2)14(15)9-13/h10-14H,3-9H2,1-2H3/t10?,11-,12?,13-,14?/m0/s1. The van der Waals surface area contributed by atoms with E-state index in [1.165, 1.54) is 32.1 Å². The van der Waals surface area contributed by atoms with Gasteiger partial charge < -0.3 is 0 Å². The van der Waals surface area contributed by atoms with Crippen molar-refractivity contribution in [1.29, 1.82) is 0 Å². The Bertz CT molecular complexity index is 194. The van der Waals surface area contributed by atoms with Gasteiger partial charge in [0.05, 0.1) is 0 Å². The maximum Gasteiger partial charge on any atom is 0.103 e. The number of rotatable bonds is 1. The van der Waals surface area contributed by atoms with Crippen LogP contribution in [0.1, 0.15) is 58.8 Å². The smallest absolute Gasteiger partial charge is 0.103 e. The quantitative estimate of drug-likeness (QED) is 0.596. The van der Waals surface area contributed by atoms with Crippen molar-refractivity contribution in [3.05, 3.63) is 0 Å². The van der Waals surface area contributed by atoms with Gasteiger partial charge in [0.1, 0.15) is 6.17 Å². The van der Waals surface area contributed by atoms with Crippen molar-refractivity contribution in [2.24, 2.45) is 23.7 Å². The van der Waals surface area contributed by atoms with Gasteiger partial charge in [-0.1, -0.05) is 26.7 Å². The Morgan fingerprint density at radius 2 is 1.40 bits per heavy atom. The first-order chi connectivity index (χ1) is 7.16. The molecule has 0 nitrogen and oxygen atoms in total. The Labute approximate surface area is 93.6 Å². The van der Waals surface area contributed by atoms with Gasteiger partial charge >= 0.3 is 0 Å². The molecule has 0 radical (unpaired) electrons. The molecular weight excluding hydrogens is 187 g/mol. The molecule has 15 heavy (non-hydrogen) atoms. The molecule has 2 aliphatic carbocycles. The first kappa shape index (κ1) is 11.4. The molecule has 2 rings (SSSR count). The van der Waals surface area contributed by atoms with Gasteiger partial charge in [-0.3, -0.25) is 0 Å². The summed E-state index contributed by atoms with van der Waals surface area (Å²) in [5.74, 6) is 2.81. The molecule has 1 heteroatoms. The summed E-state index contributed by atoms with van der Waals surface area (Å²) in [5, 5.41) is 0. The summed E-state index contributed by atoms with van der Waals surface area (Å²) in [6, 6.07) is 0. The van der Waals surface area contributed by atoms with Gasteiger partial charge in [0.25, 0.3) is 0 Å². The Morgan fingerprint density at radius 1 is 0.800 bits per heavy atom. The SMILES string of the molecule is CC1CCC([C@H]2CC[C@H](C)C(F)C2)CC1. The van der Waals surface area contributed by atoms with Gasteiger partial charge in [0, 0.05) is 0 Å². The van der Waals surface area contributed by atoms with Gasteiger partial charge in [-0.15, -0.1) is 0 Å². The van der Waals surface area contributed by atoms with Crippen molar-refractivity contribution >= 4 is 0 Å². The lowest BCUT2D eigenvalue weighted by atomic mass is 9.69. The van der Waals surface area contributed by atoms with Crippen LogP contribution in [-0.2, 0) is 0 Å². The van der Waals surface area contributed by atoms with Gasteiger partial charge in [-0.25, -0.2) is 4.39 Å². The third-order valence-corrected chi connectivity index (χ3v) is 4.87. The van der Waals surface area contributed by atoms with E-state index in [9.17, 15) is 4.39 Å². The van der Waals surface area contributed by atoms with E-state index in [1.54, 1.807) is 0 Å². The molecule has 2 aliphatic rings. The van der Waals surface area contributed by atoms with Crippen LogP contribution in [0.2, 0.25) is 0 Å². The lowest BCUT2D eigenvalue weighted by molar-refractivity contribution is 0.0854. The van der Waals surface area contributed by atoms with Crippen LogP contribution in [0.5, 0.6) is 0 Å². The summed E-state index contributed by atoms with van der Waals surface area (Å²) in [5.41, 5.74) is 0. The van der Waals surface area contributed by atoms with Gasteiger partial charge in [0.2, 0.25) is 0 Å². The van der Waals surface area contributed by atoms with Gasteiger partial charge in [-0.2, -0.15) is 0 Å². The number of hydrogen-bond donors (Lipinski definition) is 0. The summed E-state index contributed by atoms with van der Waals surface area (Å²) in [4.78, 5) is 0. The van der Waals surface area contributed by atoms with E-state index in [-0.39, 0.29) is 0 Å². The lowest BCUT2D eigenvalue weighted by Gasteiger charge is -2.38. The van der Waals surface area contributed by atoms with E-state index in [1.807, 2.05) is 0 Å². The monoisotopic (exact) mass is 212 g/mol. The highest BCUT2D eigenvalue weighted by molar-refractivity contribution is 4.84. The number of alkyl halides is 1. The van der Waals surface area contributed by atoms with Crippen LogP contribution >= 0.6 is 0 Å². The second-order valence-corrected chi connectivity index (χ2v) is 6.09. The van der Waals surface area contributed by atoms with E-state index >= 15 is 0 Å². The Morgan fingerprint density at radius 3 is 2.00 bits per heavy atom. The van der Waals surface area contributed by atoms with Gasteiger partial charge in [-0.05, 0) is 55.8 Å². The molecule has 0 N–H and O–H groups in total. The minimum atomic E-state index is -0.511. The minimum absolute atomic E-state index is 0.323. The van der Waals surface area contributed by atoms with Crippen LogP contribution in [0.3, 0.4) is 0 Å². The molecule has 0 aromatic carbocycles. The third-order valence-electron chi connectivity index (χ3n) is 4.87. The molecule has 0 aromatic heterocycles. The minimum Gasteiger partial charge on any atom is -0.247 e. The largest absolute Gasteiger partial charge is 0.247 e. The molecule has 1 unspecified atom stereocenters. The van der Waals surface area contributed by atoms with Crippen molar-refractivity contribution in [3.63, 3.8) is 0 Å². The van der Waals surface area contributed by atoms with E-state index in [0.717, 1.165) is 24.7 Å². The van der Waals surface area contributed by atoms with Crippen molar-refractivity contribution in [2.45, 2.75) is 65.0 Å². The second-order valence-electron chi connectivity index (χ2n) is 6.09. The molecule has 88 valence electrons. The summed E-state index contributed by atoms with van der Waals surface area (Å²) in [6.07, 6.45) is 8.27. The molecule has 0 heterocycles. The fraction of sp³-hybridized carbons (Fsp3) is 1.00. The highest BCUT2D eigenvalue weighted by Crippen LogP contribution is 2.41. The van der Waals surface area contributed by atoms with E-state index in [0.29, 0.717) is 11.8 Å². The highest BCUT2D eigenvalue weighted by Gasteiger charge is 2.33. The van der Waals surface area contributed by atoms with Crippen LogP contribution in [0.25, 0.3) is 0 Å². The fourth-order valence-corrected chi connectivity index (χ4v) is 3.48. The zero-order valence-corrected chi connectivity index (χ0v) is 10.2. The zero-order valence-electron chi connectivity index (χ0n) is 10.2. The average molecular weight is 212 g/mol. The molecule has 2 fully saturated rings. The third kappa shape index (κ3) is 2.73. The molecule has 3 atom stereocenters. The normalized spacial score (nSPS) is 47.8. The predicted molar refractivity (Wildman–Crippen MR) is 62.5 cm³/mol. The predicted octanol–water partition coefficient (Wildman–Crippen LogP) is 4.59. The molecule has 0 saturated heterocycles. The molecule has 0 aromatic rings. The van der Waals surface area contributed by atoms with Crippen LogP contribution in [0, 0.1) is 23.7 Å². The molecular formula is C14H25F. The Hall–Kier alpha value is -0.0700. The molecule has 2 saturated carbocycles. The van der Waals surface area contributed by atoms with Crippen molar-refractivity contribution in [3.8, 4) is 0 Å². The number of halogens is 1. The summed E-state index contributed by atoms with van der Waals surface area (Å²) in [6.45, 7) is 4.43. The lowest BCUT2D eigenvalue weighted by Crippen LogP contribution is -2.30. The molecule has 0 bridgehead atoms. The molecule has 0 aliphatic heterocycles. The molecule has 0 spiro atoms. The summed E-state index contributed by atoms with van der Waals surface area (Å²) in [7, 11) is 0. The first-order valence-electron chi connectivity index (χ1n) is 6.81. The first-order valence-corrected chi connectivity index (χ1v) is 6.81. The fourth-order valence-electron chi connectivity index (χ4n) is 3.48. The maximum absolute atomic E-state index is 13.7. The topological polar surface area (TPSA) is 0 Å². The van der Waals surface area contributed by atoms with Crippen molar-refractivity contribution in [2.75, 3.05) is 0 Å². The van der Waals surface area contributed by atoms with E-state index < -0.39 is 6.17 Å². The highest BCUT2D eigenvalue weighted by atomic mass is 19.1. The zero-order chi connectivity index (χ0) is 10.8. The van der Waals surface area contributed by atoms with Crippen molar-refractivity contribution in [1.82, 2.24) is 0 Å². The summed E-state index contributed by atoms with van der Waals surface area (Å²) >= 11 is 0. The molecule has 0 amide bonds. The Balaban J connectivity index is 1.84. The van der Waals surface area contributed by atoms with Crippen LogP contribution in [-0.4, -0.2) is 6.17 Å². The average Bonchev–Trinajstić information content (AvgIpc) is 2.23. The van der Waals surface area contributed by atoms with Crippen LogP contribution in [0.15, 0.2) is 0 Å². The van der Waals surface area contributed by atoms with Gasteiger partial charge in [0.15, 0.2) is 0 Å². The Kier molecular flexibility index (Phi) is 3.69. The van der Waals surface area contributed by atoms with Crippen molar-refractivity contribution < 1.29 is 4.39 Å². The second kappa shape index (κ2) is 4.84. The maximum atomic E-state index is 13.7. The van der Waals surface area contributed by atoms with E-state index in [4.69, 9.17) is 0 Å². The van der Waals surface area contributed by atoms with Crippen LogP contribution < -0.4 is 0 Å². The summed E-state index contributed by atoms with van der Waals surface area (Å²) < 4.78 is 13.7. The van der Waals surface area contributed by atoms with Crippen LogP contribution in [0.4, 0.5) is 4.39 Å².